The molecule has 1 aromatic heterocycles. The number of ether oxygens (including phenoxy) is 1. The topological polar surface area (TPSA) is 127 Å². The summed E-state index contributed by atoms with van der Waals surface area (Å²) in [6.07, 6.45) is 1.58. The van der Waals surface area contributed by atoms with Crippen molar-refractivity contribution in [3.05, 3.63) is 12.2 Å². The molecule has 100 valence electrons. The average Bonchev–Trinajstić information content (AvgIpc) is 2.81. The van der Waals surface area contributed by atoms with Gasteiger partial charge in [0.2, 0.25) is 6.39 Å². The second kappa shape index (κ2) is 7.22. The molecule has 0 aromatic carbocycles. The van der Waals surface area contributed by atoms with E-state index in [1.807, 2.05) is 0 Å². The second-order valence-corrected chi connectivity index (χ2v) is 3.34. The largest absolute Gasteiger partial charge is 0.480 e. The second-order valence-electron chi connectivity index (χ2n) is 3.34. The van der Waals surface area contributed by atoms with Crippen LogP contribution in [0.25, 0.3) is 0 Å². The van der Waals surface area contributed by atoms with Crippen LogP contribution in [0.4, 0.5) is 4.79 Å². The molecule has 1 aromatic rings. The Morgan fingerprint density at radius 3 is 2.94 bits per heavy atom. The Kier molecular flexibility index (Phi) is 5.58. The molecule has 0 saturated heterocycles. The number of rotatable bonds is 7. The number of methoxy groups -OCH3 is 1. The van der Waals surface area contributed by atoms with Gasteiger partial charge in [0.05, 0.1) is 6.61 Å². The molecule has 18 heavy (non-hydrogen) atoms. The maximum atomic E-state index is 11.4. The van der Waals surface area contributed by atoms with Gasteiger partial charge < -0.3 is 25.0 Å². The summed E-state index contributed by atoms with van der Waals surface area (Å²) in [7, 11) is 1.35. The Bertz CT molecular complexity index is 380. The molecule has 1 atom stereocenters. The molecule has 0 aliphatic heterocycles. The van der Waals surface area contributed by atoms with E-state index < -0.39 is 18.0 Å². The van der Waals surface area contributed by atoms with Gasteiger partial charge in [0.1, 0.15) is 0 Å². The molecular formula is C9H14N4O5. The molecule has 0 aliphatic carbocycles. The van der Waals surface area contributed by atoms with Crippen molar-refractivity contribution in [1.29, 1.82) is 0 Å². The molecule has 0 spiro atoms. The molecule has 0 bridgehead atoms. The van der Waals surface area contributed by atoms with Crippen LogP contribution in [0.1, 0.15) is 5.82 Å². The van der Waals surface area contributed by atoms with E-state index in [0.717, 1.165) is 0 Å². The summed E-state index contributed by atoms with van der Waals surface area (Å²) in [5.74, 6) is -0.702. The van der Waals surface area contributed by atoms with Crippen molar-refractivity contribution in [3.8, 4) is 0 Å². The van der Waals surface area contributed by atoms with Crippen LogP contribution in [0, 0.1) is 0 Å². The molecule has 2 amide bonds. The number of nitrogens with zero attached hydrogens (tertiary/aromatic N) is 2. The van der Waals surface area contributed by atoms with Crippen LogP contribution in [0.15, 0.2) is 10.9 Å². The molecule has 1 unspecified atom stereocenters. The lowest BCUT2D eigenvalue weighted by molar-refractivity contribution is -0.140. The Morgan fingerprint density at radius 2 is 2.39 bits per heavy atom. The van der Waals surface area contributed by atoms with Gasteiger partial charge in [0, 0.05) is 20.1 Å². The van der Waals surface area contributed by atoms with Crippen LogP contribution in [0.5, 0.6) is 0 Å². The highest BCUT2D eigenvalue weighted by atomic mass is 16.5. The summed E-state index contributed by atoms with van der Waals surface area (Å²) < 4.78 is 9.19. The zero-order valence-corrected chi connectivity index (χ0v) is 9.75. The summed E-state index contributed by atoms with van der Waals surface area (Å²) in [6, 6.07) is -1.68. The third kappa shape index (κ3) is 4.78. The number of carboxylic acid groups (broad SMARTS) is 1. The van der Waals surface area contributed by atoms with E-state index in [1.165, 1.54) is 13.5 Å². The Hall–Kier alpha value is -2.16. The van der Waals surface area contributed by atoms with Gasteiger partial charge in [-0.05, 0) is 0 Å². The lowest BCUT2D eigenvalue weighted by Crippen LogP contribution is -2.48. The lowest BCUT2D eigenvalue weighted by atomic mass is 10.3. The minimum absolute atomic E-state index is 0.104. The smallest absolute Gasteiger partial charge is 0.328 e. The highest BCUT2D eigenvalue weighted by Gasteiger charge is 2.19. The average molecular weight is 258 g/mol. The summed E-state index contributed by atoms with van der Waals surface area (Å²) in [6.45, 7) is 0.165. The predicted octanol–water partition coefficient (Wildman–Crippen LogP) is -0.989. The third-order valence-corrected chi connectivity index (χ3v) is 1.98. The van der Waals surface area contributed by atoms with Gasteiger partial charge in [-0.25, -0.2) is 9.59 Å². The fourth-order valence-corrected chi connectivity index (χ4v) is 1.14. The zero-order chi connectivity index (χ0) is 13.4. The number of aliphatic carboxylic acids is 1. The number of amides is 2. The normalized spacial score (nSPS) is 11.8. The van der Waals surface area contributed by atoms with Gasteiger partial charge >= 0.3 is 12.0 Å². The van der Waals surface area contributed by atoms with Crippen LogP contribution in [-0.4, -0.2) is 53.6 Å². The highest BCUT2D eigenvalue weighted by Crippen LogP contribution is 1.89. The molecule has 0 radical (unpaired) electrons. The quantitative estimate of drug-likeness (QED) is 0.573. The summed E-state index contributed by atoms with van der Waals surface area (Å²) in [4.78, 5) is 25.9. The first-order chi connectivity index (χ1) is 8.63. The van der Waals surface area contributed by atoms with E-state index >= 15 is 0 Å². The van der Waals surface area contributed by atoms with Crippen LogP contribution < -0.4 is 10.6 Å². The number of carbonyl (C=O) groups is 2. The maximum Gasteiger partial charge on any atom is 0.328 e. The maximum absolute atomic E-state index is 11.4. The van der Waals surface area contributed by atoms with Crippen LogP contribution in [-0.2, 0) is 16.0 Å². The lowest BCUT2D eigenvalue weighted by Gasteiger charge is -2.13. The number of hydrogen-bond acceptors (Lipinski definition) is 6. The van der Waals surface area contributed by atoms with Gasteiger partial charge in [0.25, 0.3) is 0 Å². The van der Waals surface area contributed by atoms with Crippen molar-refractivity contribution in [2.45, 2.75) is 12.5 Å². The minimum atomic E-state index is -1.16. The molecule has 1 rings (SSSR count). The predicted molar refractivity (Wildman–Crippen MR) is 57.8 cm³/mol. The Morgan fingerprint density at radius 1 is 1.61 bits per heavy atom. The summed E-state index contributed by atoms with van der Waals surface area (Å²) in [5, 5.41) is 17.1. The van der Waals surface area contributed by atoms with Crippen molar-refractivity contribution < 1.29 is 24.0 Å². The molecule has 9 nitrogen and oxygen atoms in total. The fourth-order valence-electron chi connectivity index (χ4n) is 1.14. The molecule has 0 saturated carbocycles. The standard InChI is InChI=1S/C9H14N4O5/c1-17-4-6(8(14)15)12-9(16)10-3-2-7-11-5-18-13-7/h5-6H,2-4H2,1H3,(H,14,15)(H2,10,12,16). The molecule has 0 fully saturated rings. The van der Waals surface area contributed by atoms with Crippen molar-refractivity contribution in [1.82, 2.24) is 20.8 Å². The van der Waals surface area contributed by atoms with E-state index in [0.29, 0.717) is 12.2 Å². The van der Waals surface area contributed by atoms with Crippen molar-refractivity contribution >= 4 is 12.0 Å². The third-order valence-electron chi connectivity index (χ3n) is 1.98. The van der Waals surface area contributed by atoms with Gasteiger partial charge in [-0.15, -0.1) is 0 Å². The van der Waals surface area contributed by atoms with Crippen LogP contribution >= 0.6 is 0 Å². The Balaban J connectivity index is 2.25. The summed E-state index contributed by atoms with van der Waals surface area (Å²) >= 11 is 0. The van der Waals surface area contributed by atoms with E-state index in [-0.39, 0.29) is 13.2 Å². The van der Waals surface area contributed by atoms with Gasteiger partial charge in [0.15, 0.2) is 11.9 Å². The van der Waals surface area contributed by atoms with E-state index in [1.54, 1.807) is 0 Å². The first kappa shape index (κ1) is 13.9. The number of urea groups is 1. The Labute approximate surface area is 103 Å². The van der Waals surface area contributed by atoms with Crippen LogP contribution in [0.2, 0.25) is 0 Å². The number of hydrogen-bond donors (Lipinski definition) is 3. The number of nitrogens with one attached hydrogen (secondary N) is 2. The van der Waals surface area contributed by atoms with Gasteiger partial charge in [-0.2, -0.15) is 4.98 Å². The molecule has 0 aliphatic rings. The number of carboxylic acids is 1. The first-order valence-corrected chi connectivity index (χ1v) is 5.15. The van der Waals surface area contributed by atoms with E-state index in [4.69, 9.17) is 5.11 Å². The zero-order valence-electron chi connectivity index (χ0n) is 9.75. The molecule has 1 heterocycles. The monoisotopic (exact) mass is 258 g/mol. The molecule has 9 heteroatoms. The fraction of sp³-hybridized carbons (Fsp3) is 0.556. The summed E-state index contributed by atoms with van der Waals surface area (Å²) in [5.41, 5.74) is 0. The minimum Gasteiger partial charge on any atom is -0.480 e. The van der Waals surface area contributed by atoms with Crippen molar-refractivity contribution in [2.75, 3.05) is 20.3 Å². The van der Waals surface area contributed by atoms with Gasteiger partial charge in [-0.3, -0.25) is 0 Å². The number of carbonyl (C=O) groups excluding carboxylic acids is 1. The van der Waals surface area contributed by atoms with E-state index in [9.17, 15) is 9.59 Å². The van der Waals surface area contributed by atoms with Crippen molar-refractivity contribution in [3.63, 3.8) is 0 Å². The highest BCUT2D eigenvalue weighted by molar-refractivity contribution is 5.82. The van der Waals surface area contributed by atoms with Crippen molar-refractivity contribution in [2.24, 2.45) is 0 Å². The van der Waals surface area contributed by atoms with Crippen LogP contribution in [0.3, 0.4) is 0 Å². The molecule has 3 N–H and O–H groups in total. The van der Waals surface area contributed by atoms with E-state index in [2.05, 4.69) is 30.0 Å². The molecular weight excluding hydrogens is 244 g/mol. The van der Waals surface area contributed by atoms with Gasteiger partial charge in [-0.1, -0.05) is 5.16 Å². The SMILES string of the molecule is COCC(NC(=O)NCCc1ncon1)C(=O)O. The first-order valence-electron chi connectivity index (χ1n) is 5.15. The number of aromatic nitrogens is 2.